The van der Waals surface area contributed by atoms with Crippen molar-refractivity contribution in [3.8, 4) is 0 Å². The molecule has 2 fully saturated rings. The number of hydrogen-bond acceptors (Lipinski definition) is 2. The van der Waals surface area contributed by atoms with E-state index in [1.54, 1.807) is 0 Å². The molecule has 3 nitrogen and oxygen atoms in total. The molecule has 0 aliphatic heterocycles. The van der Waals surface area contributed by atoms with E-state index in [-0.39, 0.29) is 17.9 Å². The van der Waals surface area contributed by atoms with E-state index in [2.05, 4.69) is 12.2 Å². The Bertz CT molecular complexity index is 274. The van der Waals surface area contributed by atoms with Crippen LogP contribution in [0.15, 0.2) is 0 Å². The van der Waals surface area contributed by atoms with E-state index in [0.29, 0.717) is 18.4 Å². The monoisotopic (exact) mass is 253 g/mol. The number of nitrogens with one attached hydrogen (secondary N) is 1. The Labute approximate surface area is 110 Å². The first-order valence-electron chi connectivity index (χ1n) is 7.62. The third-order valence-electron chi connectivity index (χ3n) is 4.74. The van der Waals surface area contributed by atoms with Gasteiger partial charge in [0.1, 0.15) is 0 Å². The van der Waals surface area contributed by atoms with E-state index in [9.17, 15) is 9.90 Å². The number of aliphatic hydroxyl groups excluding tert-OH is 1. The smallest absolute Gasteiger partial charge is 0.223 e. The van der Waals surface area contributed by atoms with Crippen molar-refractivity contribution in [1.29, 1.82) is 0 Å². The second-order valence-electron chi connectivity index (χ2n) is 6.33. The van der Waals surface area contributed by atoms with E-state index in [4.69, 9.17) is 0 Å². The minimum atomic E-state index is -0.336. The van der Waals surface area contributed by atoms with Gasteiger partial charge < -0.3 is 10.4 Å². The number of hydrogen-bond donors (Lipinski definition) is 2. The molecule has 2 aliphatic carbocycles. The third-order valence-corrected chi connectivity index (χ3v) is 4.74. The molecule has 0 aromatic carbocycles. The fraction of sp³-hybridized carbons (Fsp3) is 0.933. The normalized spacial score (nSPS) is 31.2. The predicted molar refractivity (Wildman–Crippen MR) is 72.1 cm³/mol. The van der Waals surface area contributed by atoms with Crippen molar-refractivity contribution in [2.45, 2.75) is 64.4 Å². The first kappa shape index (κ1) is 13.9. The summed E-state index contributed by atoms with van der Waals surface area (Å²) in [6.07, 6.45) is 8.85. The van der Waals surface area contributed by atoms with E-state index >= 15 is 0 Å². The topological polar surface area (TPSA) is 49.3 Å². The lowest BCUT2D eigenvalue weighted by atomic mass is 9.82. The Morgan fingerprint density at radius 3 is 2.61 bits per heavy atom. The van der Waals surface area contributed by atoms with Gasteiger partial charge in [0.2, 0.25) is 5.91 Å². The van der Waals surface area contributed by atoms with Crippen LogP contribution in [0.5, 0.6) is 0 Å². The Morgan fingerprint density at radius 1 is 1.22 bits per heavy atom. The van der Waals surface area contributed by atoms with E-state index in [0.717, 1.165) is 25.7 Å². The summed E-state index contributed by atoms with van der Waals surface area (Å²) in [6, 6.07) is 0. The lowest BCUT2D eigenvalue weighted by molar-refractivity contribution is -0.127. The Balaban J connectivity index is 1.70. The summed E-state index contributed by atoms with van der Waals surface area (Å²) in [7, 11) is 0. The van der Waals surface area contributed by atoms with Gasteiger partial charge in [-0.05, 0) is 37.5 Å². The average Bonchev–Trinajstić information content (AvgIpc) is 2.89. The van der Waals surface area contributed by atoms with Gasteiger partial charge in [0.15, 0.2) is 0 Å². The molecule has 2 rings (SSSR count). The van der Waals surface area contributed by atoms with Crippen LogP contribution in [0, 0.1) is 17.8 Å². The van der Waals surface area contributed by atoms with Gasteiger partial charge >= 0.3 is 0 Å². The van der Waals surface area contributed by atoms with Crippen molar-refractivity contribution in [3.63, 3.8) is 0 Å². The molecule has 0 spiro atoms. The van der Waals surface area contributed by atoms with Crippen molar-refractivity contribution in [2.75, 3.05) is 6.54 Å². The maximum atomic E-state index is 12.0. The largest absolute Gasteiger partial charge is 0.391 e. The van der Waals surface area contributed by atoms with Crippen LogP contribution in [0.1, 0.15) is 58.3 Å². The number of carbonyl (C=O) groups is 1. The third kappa shape index (κ3) is 3.71. The van der Waals surface area contributed by atoms with Crippen LogP contribution in [-0.2, 0) is 4.79 Å². The molecule has 2 N–H and O–H groups in total. The van der Waals surface area contributed by atoms with Gasteiger partial charge in [-0.25, -0.2) is 0 Å². The fourth-order valence-corrected chi connectivity index (χ4v) is 3.53. The Morgan fingerprint density at radius 2 is 1.94 bits per heavy atom. The Hall–Kier alpha value is -0.570. The zero-order valence-corrected chi connectivity index (χ0v) is 11.5. The van der Waals surface area contributed by atoms with Crippen LogP contribution in [0.3, 0.4) is 0 Å². The van der Waals surface area contributed by atoms with Gasteiger partial charge in [0.05, 0.1) is 6.10 Å². The van der Waals surface area contributed by atoms with Crippen LogP contribution in [0.2, 0.25) is 0 Å². The summed E-state index contributed by atoms with van der Waals surface area (Å²) < 4.78 is 0. The number of carbonyl (C=O) groups excluding carboxylic acids is 1. The van der Waals surface area contributed by atoms with Crippen molar-refractivity contribution < 1.29 is 9.90 Å². The minimum absolute atomic E-state index is 0.165. The molecular formula is C15H27NO2. The summed E-state index contributed by atoms with van der Waals surface area (Å²) in [5, 5.41) is 13.0. The van der Waals surface area contributed by atoms with Crippen LogP contribution >= 0.6 is 0 Å². The van der Waals surface area contributed by atoms with E-state index in [1.165, 1.54) is 25.7 Å². The summed E-state index contributed by atoms with van der Waals surface area (Å²) in [6.45, 7) is 2.68. The number of aliphatic hydroxyl groups is 1. The fourth-order valence-electron chi connectivity index (χ4n) is 3.53. The molecule has 3 unspecified atom stereocenters. The molecule has 3 heteroatoms. The van der Waals surface area contributed by atoms with Gasteiger partial charge in [0, 0.05) is 12.5 Å². The van der Waals surface area contributed by atoms with Crippen molar-refractivity contribution in [3.05, 3.63) is 0 Å². The predicted octanol–water partition coefficient (Wildman–Crippen LogP) is 2.48. The first-order chi connectivity index (χ1) is 8.66. The summed E-state index contributed by atoms with van der Waals surface area (Å²) in [5.74, 6) is 1.44. The number of rotatable bonds is 4. The highest BCUT2D eigenvalue weighted by Crippen LogP contribution is 2.29. The zero-order chi connectivity index (χ0) is 13.0. The quantitative estimate of drug-likeness (QED) is 0.808. The minimum Gasteiger partial charge on any atom is -0.391 e. The molecular weight excluding hydrogens is 226 g/mol. The van der Waals surface area contributed by atoms with Crippen molar-refractivity contribution in [2.24, 2.45) is 17.8 Å². The van der Waals surface area contributed by atoms with Crippen LogP contribution in [0.25, 0.3) is 0 Å². The van der Waals surface area contributed by atoms with Gasteiger partial charge in [-0.1, -0.05) is 32.6 Å². The molecule has 2 aliphatic rings. The molecule has 1 amide bonds. The Kier molecular flexibility index (Phi) is 5.04. The average molecular weight is 253 g/mol. The van der Waals surface area contributed by atoms with Crippen LogP contribution < -0.4 is 5.32 Å². The van der Waals surface area contributed by atoms with E-state index < -0.39 is 0 Å². The van der Waals surface area contributed by atoms with E-state index in [1.807, 2.05) is 0 Å². The lowest BCUT2D eigenvalue weighted by Crippen LogP contribution is -2.39. The molecule has 0 aromatic heterocycles. The number of amides is 1. The molecule has 104 valence electrons. The molecule has 2 saturated carbocycles. The summed E-state index contributed by atoms with van der Waals surface area (Å²) >= 11 is 0. The molecule has 0 heterocycles. The van der Waals surface area contributed by atoms with Crippen molar-refractivity contribution >= 4 is 5.91 Å². The maximum Gasteiger partial charge on any atom is 0.223 e. The molecule has 0 bridgehead atoms. The van der Waals surface area contributed by atoms with Gasteiger partial charge in [-0.15, -0.1) is 0 Å². The van der Waals surface area contributed by atoms with Crippen molar-refractivity contribution in [1.82, 2.24) is 5.32 Å². The highest BCUT2D eigenvalue weighted by atomic mass is 16.3. The molecule has 3 atom stereocenters. The summed E-state index contributed by atoms with van der Waals surface area (Å²) in [4.78, 5) is 12.0. The standard InChI is InChI=1S/C15H27NO2/c1-11-5-4-8-13(9-11)15(18)16-10-14(17)12-6-2-3-7-12/h11-14,17H,2-10H2,1H3,(H,16,18). The van der Waals surface area contributed by atoms with Crippen LogP contribution in [-0.4, -0.2) is 23.7 Å². The maximum absolute atomic E-state index is 12.0. The highest BCUT2D eigenvalue weighted by Gasteiger charge is 2.27. The second kappa shape index (κ2) is 6.55. The molecule has 0 radical (unpaired) electrons. The van der Waals surface area contributed by atoms with Gasteiger partial charge in [-0.3, -0.25) is 4.79 Å². The first-order valence-corrected chi connectivity index (χ1v) is 7.62. The molecule has 0 saturated heterocycles. The lowest BCUT2D eigenvalue weighted by Gasteiger charge is -2.26. The zero-order valence-electron chi connectivity index (χ0n) is 11.5. The van der Waals surface area contributed by atoms with Gasteiger partial charge in [0.25, 0.3) is 0 Å². The summed E-state index contributed by atoms with van der Waals surface area (Å²) in [5.41, 5.74) is 0. The SMILES string of the molecule is CC1CCCC(C(=O)NCC(O)C2CCCC2)C1. The molecule has 0 aromatic rings. The second-order valence-corrected chi connectivity index (χ2v) is 6.33. The van der Waals surface area contributed by atoms with Gasteiger partial charge in [-0.2, -0.15) is 0 Å². The van der Waals surface area contributed by atoms with Crippen LogP contribution in [0.4, 0.5) is 0 Å². The molecule has 18 heavy (non-hydrogen) atoms. The highest BCUT2D eigenvalue weighted by molar-refractivity contribution is 5.78.